The molecule has 1 heterocycles. The number of nitrogens with zero attached hydrogens (tertiary/aromatic N) is 1. The van der Waals surface area contributed by atoms with Crippen molar-refractivity contribution in [2.45, 2.75) is 12.8 Å². The molecule has 0 aromatic heterocycles. The molecule has 26 heavy (non-hydrogen) atoms. The third-order valence-electron chi connectivity index (χ3n) is 4.14. The van der Waals surface area contributed by atoms with Crippen molar-refractivity contribution in [2.24, 2.45) is 0 Å². The average molecular weight is 361 g/mol. The first-order valence-electron chi connectivity index (χ1n) is 8.59. The van der Waals surface area contributed by atoms with E-state index in [9.17, 15) is 13.6 Å². The molecule has 3 rings (SSSR count). The lowest BCUT2D eigenvalue weighted by Gasteiger charge is -2.17. The maximum atomic E-state index is 13.0. The van der Waals surface area contributed by atoms with Crippen LogP contribution < -0.4 is 20.3 Å². The van der Waals surface area contributed by atoms with Gasteiger partial charge in [-0.3, -0.25) is 0 Å². The fourth-order valence-electron chi connectivity index (χ4n) is 2.81. The van der Waals surface area contributed by atoms with E-state index in [2.05, 4.69) is 15.5 Å². The Morgan fingerprint density at radius 3 is 2.46 bits per heavy atom. The summed E-state index contributed by atoms with van der Waals surface area (Å²) in [6.07, 6.45) is 2.43. The van der Waals surface area contributed by atoms with Gasteiger partial charge in [0.2, 0.25) is 0 Å². The summed E-state index contributed by atoms with van der Waals surface area (Å²) in [6, 6.07) is 10.7. The summed E-state index contributed by atoms with van der Waals surface area (Å²) >= 11 is 0. The number of ether oxygens (including phenoxy) is 1. The molecule has 0 aliphatic carbocycles. The predicted octanol–water partition coefficient (Wildman–Crippen LogP) is 3.77. The van der Waals surface area contributed by atoms with Gasteiger partial charge in [0.1, 0.15) is 12.4 Å². The van der Waals surface area contributed by atoms with Gasteiger partial charge in [0.05, 0.1) is 6.54 Å². The van der Waals surface area contributed by atoms with Crippen LogP contribution in [-0.4, -0.2) is 32.3 Å². The Kier molecular flexibility index (Phi) is 5.88. The molecule has 2 aromatic rings. The molecule has 7 heteroatoms. The fourth-order valence-corrected chi connectivity index (χ4v) is 2.81. The molecular formula is C19H21F2N3O2. The van der Waals surface area contributed by atoms with Gasteiger partial charge >= 0.3 is 6.03 Å². The van der Waals surface area contributed by atoms with Gasteiger partial charge in [-0.1, -0.05) is 0 Å². The molecule has 0 bridgehead atoms. The minimum absolute atomic E-state index is 0.145. The summed E-state index contributed by atoms with van der Waals surface area (Å²) in [7, 11) is 0. The molecule has 1 aliphatic rings. The summed E-state index contributed by atoms with van der Waals surface area (Å²) in [6.45, 7) is 2.53. The van der Waals surface area contributed by atoms with E-state index in [1.807, 2.05) is 24.3 Å². The molecule has 2 amide bonds. The highest BCUT2D eigenvalue weighted by Crippen LogP contribution is 2.22. The Morgan fingerprint density at radius 2 is 1.77 bits per heavy atom. The molecule has 0 unspecified atom stereocenters. The van der Waals surface area contributed by atoms with Crippen molar-refractivity contribution in [3.63, 3.8) is 0 Å². The van der Waals surface area contributed by atoms with Crippen LogP contribution in [0.5, 0.6) is 5.75 Å². The van der Waals surface area contributed by atoms with Crippen LogP contribution in [0.4, 0.5) is 25.0 Å². The number of anilines is 2. The van der Waals surface area contributed by atoms with Crippen molar-refractivity contribution < 1.29 is 18.3 Å². The minimum atomic E-state index is -0.967. The van der Waals surface area contributed by atoms with Gasteiger partial charge in [0, 0.05) is 30.5 Å². The first kappa shape index (κ1) is 18.0. The molecule has 138 valence electrons. The molecule has 0 saturated carbocycles. The molecule has 0 atom stereocenters. The number of carbonyl (C=O) groups is 1. The van der Waals surface area contributed by atoms with E-state index in [1.54, 1.807) is 0 Å². The van der Waals surface area contributed by atoms with Gasteiger partial charge < -0.3 is 20.3 Å². The van der Waals surface area contributed by atoms with Crippen molar-refractivity contribution in [2.75, 3.05) is 36.5 Å². The van der Waals surface area contributed by atoms with Crippen LogP contribution in [0.15, 0.2) is 42.5 Å². The highest BCUT2D eigenvalue weighted by atomic mass is 19.2. The summed E-state index contributed by atoms with van der Waals surface area (Å²) in [5, 5.41) is 5.39. The van der Waals surface area contributed by atoms with Gasteiger partial charge in [0.15, 0.2) is 11.6 Å². The van der Waals surface area contributed by atoms with E-state index >= 15 is 0 Å². The number of halogens is 2. The molecular weight excluding hydrogens is 340 g/mol. The zero-order valence-corrected chi connectivity index (χ0v) is 14.3. The largest absolute Gasteiger partial charge is 0.492 e. The number of benzene rings is 2. The number of nitrogens with one attached hydrogen (secondary N) is 2. The van der Waals surface area contributed by atoms with E-state index in [1.165, 1.54) is 18.9 Å². The standard InChI is InChI=1S/C19H21F2N3O2/c20-17-8-7-16(13-18(17)21)26-12-9-22-19(25)23-14-3-5-15(6-4-14)24-10-1-2-11-24/h3-8,13H,1-2,9-12H2,(H2,22,23,25). The average Bonchev–Trinajstić information content (AvgIpc) is 3.17. The second-order valence-electron chi connectivity index (χ2n) is 6.05. The first-order chi connectivity index (χ1) is 12.6. The molecule has 1 fully saturated rings. The van der Waals surface area contributed by atoms with Crippen molar-refractivity contribution in [3.8, 4) is 5.75 Å². The molecule has 1 saturated heterocycles. The van der Waals surface area contributed by atoms with Gasteiger partial charge in [-0.25, -0.2) is 13.6 Å². The lowest BCUT2D eigenvalue weighted by atomic mass is 10.2. The van der Waals surface area contributed by atoms with Gasteiger partial charge in [-0.15, -0.1) is 0 Å². The van der Waals surface area contributed by atoms with Gasteiger partial charge in [0.25, 0.3) is 0 Å². The second-order valence-corrected chi connectivity index (χ2v) is 6.05. The van der Waals surface area contributed by atoms with Crippen LogP contribution in [0.3, 0.4) is 0 Å². The summed E-state index contributed by atoms with van der Waals surface area (Å²) in [5.74, 6) is -1.68. The van der Waals surface area contributed by atoms with Crippen LogP contribution >= 0.6 is 0 Å². The lowest BCUT2D eigenvalue weighted by molar-refractivity contribution is 0.247. The zero-order chi connectivity index (χ0) is 18.4. The van der Waals surface area contributed by atoms with E-state index in [0.29, 0.717) is 5.69 Å². The quantitative estimate of drug-likeness (QED) is 0.770. The SMILES string of the molecule is O=C(NCCOc1ccc(F)c(F)c1)Nc1ccc(N2CCCC2)cc1. The number of carbonyl (C=O) groups excluding carboxylic acids is 1. The lowest BCUT2D eigenvalue weighted by Crippen LogP contribution is -2.32. The normalized spacial score (nSPS) is 13.5. The Morgan fingerprint density at radius 1 is 1.04 bits per heavy atom. The first-order valence-corrected chi connectivity index (χ1v) is 8.59. The molecule has 2 aromatic carbocycles. The second kappa shape index (κ2) is 8.51. The summed E-state index contributed by atoms with van der Waals surface area (Å²) in [5.41, 5.74) is 1.86. The Labute approximate surface area is 151 Å². The van der Waals surface area contributed by atoms with Crippen LogP contribution in [0.1, 0.15) is 12.8 Å². The van der Waals surface area contributed by atoms with Gasteiger partial charge in [-0.05, 0) is 49.2 Å². The van der Waals surface area contributed by atoms with E-state index in [0.717, 1.165) is 30.9 Å². The van der Waals surface area contributed by atoms with Gasteiger partial charge in [-0.2, -0.15) is 0 Å². The predicted molar refractivity (Wildman–Crippen MR) is 96.8 cm³/mol. The fraction of sp³-hybridized carbons (Fsp3) is 0.316. The Balaban J connectivity index is 1.39. The third kappa shape index (κ3) is 4.84. The van der Waals surface area contributed by atoms with Crippen LogP contribution in [-0.2, 0) is 0 Å². The number of hydrogen-bond acceptors (Lipinski definition) is 3. The zero-order valence-electron chi connectivity index (χ0n) is 14.3. The Bertz CT molecular complexity index is 747. The topological polar surface area (TPSA) is 53.6 Å². The molecule has 0 radical (unpaired) electrons. The molecule has 0 spiro atoms. The minimum Gasteiger partial charge on any atom is -0.492 e. The van der Waals surface area contributed by atoms with Crippen molar-refractivity contribution in [1.29, 1.82) is 0 Å². The van der Waals surface area contributed by atoms with E-state index < -0.39 is 11.6 Å². The smallest absolute Gasteiger partial charge is 0.319 e. The van der Waals surface area contributed by atoms with Crippen molar-refractivity contribution in [3.05, 3.63) is 54.1 Å². The monoisotopic (exact) mass is 361 g/mol. The van der Waals surface area contributed by atoms with E-state index in [-0.39, 0.29) is 24.9 Å². The third-order valence-corrected chi connectivity index (χ3v) is 4.14. The maximum Gasteiger partial charge on any atom is 0.319 e. The number of urea groups is 1. The van der Waals surface area contributed by atoms with Crippen LogP contribution in [0.2, 0.25) is 0 Å². The van der Waals surface area contributed by atoms with E-state index in [4.69, 9.17) is 4.74 Å². The van der Waals surface area contributed by atoms with Crippen molar-refractivity contribution >= 4 is 17.4 Å². The number of amides is 2. The maximum absolute atomic E-state index is 13.0. The molecule has 1 aliphatic heterocycles. The van der Waals surface area contributed by atoms with Crippen LogP contribution in [0, 0.1) is 11.6 Å². The summed E-state index contributed by atoms with van der Waals surface area (Å²) in [4.78, 5) is 14.2. The highest BCUT2D eigenvalue weighted by molar-refractivity contribution is 5.89. The Hall–Kier alpha value is -2.83. The van der Waals surface area contributed by atoms with Crippen LogP contribution in [0.25, 0.3) is 0 Å². The molecule has 5 nitrogen and oxygen atoms in total. The highest BCUT2D eigenvalue weighted by Gasteiger charge is 2.12. The van der Waals surface area contributed by atoms with Crippen molar-refractivity contribution in [1.82, 2.24) is 5.32 Å². The number of rotatable bonds is 6. The number of hydrogen-bond donors (Lipinski definition) is 2. The molecule has 2 N–H and O–H groups in total. The summed E-state index contributed by atoms with van der Waals surface area (Å²) < 4.78 is 31.1.